The van der Waals surface area contributed by atoms with Crippen molar-refractivity contribution in [2.45, 2.75) is 0 Å². The maximum Gasteiger partial charge on any atom is 0.265 e. The molecule has 104 valence electrons. The Labute approximate surface area is 126 Å². The summed E-state index contributed by atoms with van der Waals surface area (Å²) in [7, 11) is 0. The Kier molecular flexibility index (Phi) is 3.93. The largest absolute Gasteiger partial charge is 0.436 e. The zero-order valence-corrected chi connectivity index (χ0v) is 11.6. The maximum absolute atomic E-state index is 6.19. The van der Waals surface area contributed by atoms with E-state index in [2.05, 4.69) is 15.4 Å². The molecule has 0 radical (unpaired) electrons. The van der Waals surface area contributed by atoms with E-state index in [1.54, 1.807) is 24.3 Å². The van der Waals surface area contributed by atoms with E-state index in [1.807, 2.05) is 36.4 Å². The van der Waals surface area contributed by atoms with Gasteiger partial charge in [-0.15, -0.1) is 0 Å². The maximum atomic E-state index is 6.19. The molecule has 5 nitrogen and oxygen atoms in total. The number of ether oxygens (including phenoxy) is 2. The highest BCUT2D eigenvalue weighted by Crippen LogP contribution is 2.34. The Hall–Kier alpha value is -2.66. The zero-order chi connectivity index (χ0) is 14.5. The van der Waals surface area contributed by atoms with Crippen LogP contribution >= 0.6 is 11.6 Å². The number of benzene rings is 2. The second-order valence-electron chi connectivity index (χ2n) is 4.04. The third-order valence-corrected chi connectivity index (χ3v) is 2.89. The van der Waals surface area contributed by atoms with E-state index in [0.29, 0.717) is 11.5 Å². The molecule has 3 aromatic rings. The van der Waals surface area contributed by atoms with Gasteiger partial charge < -0.3 is 9.47 Å². The van der Waals surface area contributed by atoms with Crippen molar-refractivity contribution in [3.63, 3.8) is 0 Å². The van der Waals surface area contributed by atoms with E-state index in [-0.39, 0.29) is 16.8 Å². The lowest BCUT2D eigenvalue weighted by atomic mass is 10.3. The molecule has 6 heteroatoms. The number of nitrogens with zero attached hydrogens (tertiary/aromatic N) is 3. The monoisotopic (exact) mass is 299 g/mol. The number of hydrogen-bond acceptors (Lipinski definition) is 5. The molecule has 0 aliphatic carbocycles. The van der Waals surface area contributed by atoms with Crippen LogP contribution in [0.15, 0.2) is 60.7 Å². The summed E-state index contributed by atoms with van der Waals surface area (Å²) in [5, 5.41) is 11.3. The molecule has 0 N–H and O–H groups in total. The van der Waals surface area contributed by atoms with Crippen molar-refractivity contribution < 1.29 is 9.47 Å². The molecule has 0 spiro atoms. The highest BCUT2D eigenvalue weighted by molar-refractivity contribution is 6.33. The quantitative estimate of drug-likeness (QED) is 0.725. The summed E-state index contributed by atoms with van der Waals surface area (Å²) in [6.45, 7) is 0. The molecule has 0 fully saturated rings. The van der Waals surface area contributed by atoms with Gasteiger partial charge in [-0.2, -0.15) is 0 Å². The minimum Gasteiger partial charge on any atom is -0.436 e. The van der Waals surface area contributed by atoms with Crippen molar-refractivity contribution in [1.29, 1.82) is 0 Å². The van der Waals surface area contributed by atoms with Crippen LogP contribution in [0.1, 0.15) is 0 Å². The van der Waals surface area contributed by atoms with Gasteiger partial charge in [0.25, 0.3) is 11.8 Å². The van der Waals surface area contributed by atoms with Crippen molar-refractivity contribution in [3.8, 4) is 23.3 Å². The minimum atomic E-state index is 0.142. The summed E-state index contributed by atoms with van der Waals surface area (Å²) in [5.74, 6) is 1.49. The number of halogens is 1. The molecular formula is C15H10ClN3O2. The van der Waals surface area contributed by atoms with E-state index in [4.69, 9.17) is 21.1 Å². The van der Waals surface area contributed by atoms with Crippen LogP contribution in [0, 0.1) is 0 Å². The van der Waals surface area contributed by atoms with Gasteiger partial charge in [0.1, 0.15) is 11.5 Å². The summed E-state index contributed by atoms with van der Waals surface area (Å²) in [5.41, 5.74) is 0. The number of aromatic nitrogens is 3. The van der Waals surface area contributed by atoms with Crippen LogP contribution < -0.4 is 9.47 Å². The lowest BCUT2D eigenvalue weighted by Gasteiger charge is -2.08. The van der Waals surface area contributed by atoms with E-state index in [0.717, 1.165) is 0 Å². The molecule has 0 saturated carbocycles. The van der Waals surface area contributed by atoms with Crippen molar-refractivity contribution in [2.75, 3.05) is 0 Å². The average molecular weight is 300 g/mol. The van der Waals surface area contributed by atoms with Crippen LogP contribution in [0.5, 0.6) is 23.3 Å². The van der Waals surface area contributed by atoms with Crippen LogP contribution in [0.3, 0.4) is 0 Å². The fourth-order valence-corrected chi connectivity index (χ4v) is 1.77. The van der Waals surface area contributed by atoms with Gasteiger partial charge in [-0.05, 0) is 29.5 Å². The van der Waals surface area contributed by atoms with Gasteiger partial charge in [0, 0.05) is 0 Å². The van der Waals surface area contributed by atoms with Gasteiger partial charge in [0.05, 0.1) is 0 Å². The first kappa shape index (κ1) is 13.3. The van der Waals surface area contributed by atoms with E-state index in [9.17, 15) is 0 Å². The van der Waals surface area contributed by atoms with Crippen molar-refractivity contribution in [1.82, 2.24) is 15.4 Å². The molecule has 1 aromatic heterocycles. The highest BCUT2D eigenvalue weighted by Gasteiger charge is 2.14. The van der Waals surface area contributed by atoms with Crippen LogP contribution in [-0.4, -0.2) is 15.4 Å². The molecule has 0 amide bonds. The molecule has 1 heterocycles. The average Bonchev–Trinajstić information content (AvgIpc) is 2.53. The Balaban J connectivity index is 1.85. The number of hydrogen-bond donors (Lipinski definition) is 0. The van der Waals surface area contributed by atoms with Crippen LogP contribution in [0.25, 0.3) is 0 Å². The number of rotatable bonds is 4. The van der Waals surface area contributed by atoms with Gasteiger partial charge in [0.2, 0.25) is 0 Å². The normalized spacial score (nSPS) is 10.1. The molecule has 0 atom stereocenters. The Morgan fingerprint density at radius 3 is 1.52 bits per heavy atom. The van der Waals surface area contributed by atoms with Crippen LogP contribution in [-0.2, 0) is 0 Å². The summed E-state index contributed by atoms with van der Waals surface area (Å²) in [4.78, 5) is 0. The number of para-hydroxylation sites is 2. The Morgan fingerprint density at radius 1 is 0.667 bits per heavy atom. The fraction of sp³-hybridized carbons (Fsp3) is 0. The fourth-order valence-electron chi connectivity index (χ4n) is 1.61. The summed E-state index contributed by atoms with van der Waals surface area (Å²) in [6, 6.07) is 18.3. The summed E-state index contributed by atoms with van der Waals surface area (Å²) < 4.78 is 11.1. The van der Waals surface area contributed by atoms with Gasteiger partial charge in [-0.1, -0.05) is 58.2 Å². The summed E-state index contributed by atoms with van der Waals surface area (Å²) >= 11 is 6.19. The molecule has 21 heavy (non-hydrogen) atoms. The smallest absolute Gasteiger partial charge is 0.265 e. The van der Waals surface area contributed by atoms with Gasteiger partial charge >= 0.3 is 0 Å². The Morgan fingerprint density at radius 2 is 1.10 bits per heavy atom. The van der Waals surface area contributed by atoms with Gasteiger partial charge in [-0.3, -0.25) is 0 Å². The SMILES string of the molecule is Clc1c(Oc2ccccc2)nnnc1Oc1ccccc1. The molecule has 0 bridgehead atoms. The molecule has 3 rings (SSSR count). The minimum absolute atomic E-state index is 0.142. The lowest BCUT2D eigenvalue weighted by molar-refractivity contribution is 0.417. The second-order valence-corrected chi connectivity index (χ2v) is 4.42. The first-order valence-corrected chi connectivity index (χ1v) is 6.55. The first-order valence-electron chi connectivity index (χ1n) is 6.17. The second kappa shape index (κ2) is 6.19. The molecule has 0 unspecified atom stereocenters. The highest BCUT2D eigenvalue weighted by atomic mass is 35.5. The lowest BCUT2D eigenvalue weighted by Crippen LogP contribution is -1.98. The molecular weight excluding hydrogens is 290 g/mol. The predicted molar refractivity (Wildman–Crippen MR) is 77.9 cm³/mol. The molecule has 2 aromatic carbocycles. The molecule has 0 aliphatic rings. The third-order valence-electron chi connectivity index (χ3n) is 2.56. The zero-order valence-electron chi connectivity index (χ0n) is 10.8. The van der Waals surface area contributed by atoms with Crippen molar-refractivity contribution in [2.24, 2.45) is 0 Å². The summed E-state index contributed by atoms with van der Waals surface area (Å²) in [6.07, 6.45) is 0. The standard InChI is InChI=1S/C15H10ClN3O2/c16-13-14(20-11-7-3-1-4-8-11)17-19-18-15(13)21-12-9-5-2-6-10-12/h1-10H. The van der Waals surface area contributed by atoms with E-state index in [1.165, 1.54) is 0 Å². The van der Waals surface area contributed by atoms with Crippen molar-refractivity contribution in [3.05, 3.63) is 65.7 Å². The Bertz CT molecular complexity index is 664. The third kappa shape index (κ3) is 3.27. The topological polar surface area (TPSA) is 57.1 Å². The van der Waals surface area contributed by atoms with Gasteiger partial charge in [0.15, 0.2) is 5.02 Å². The molecule has 0 aliphatic heterocycles. The van der Waals surface area contributed by atoms with Crippen molar-refractivity contribution >= 4 is 11.6 Å². The van der Waals surface area contributed by atoms with Crippen LogP contribution in [0.2, 0.25) is 5.02 Å². The van der Waals surface area contributed by atoms with Crippen LogP contribution in [0.4, 0.5) is 0 Å². The predicted octanol–water partition coefficient (Wildman–Crippen LogP) is 4.11. The van der Waals surface area contributed by atoms with E-state index < -0.39 is 0 Å². The first-order chi connectivity index (χ1) is 10.3. The molecule has 0 saturated heterocycles. The van der Waals surface area contributed by atoms with E-state index >= 15 is 0 Å². The van der Waals surface area contributed by atoms with Gasteiger partial charge in [-0.25, -0.2) is 0 Å².